The van der Waals surface area contributed by atoms with Gasteiger partial charge in [0.25, 0.3) is 0 Å². The number of benzene rings is 2. The molecule has 3 rings (SSSR count). The van der Waals surface area contributed by atoms with Crippen LogP contribution in [0.4, 0.5) is 0 Å². The first-order valence-corrected chi connectivity index (χ1v) is 11.1. The van der Waals surface area contributed by atoms with Gasteiger partial charge in [0.05, 0.1) is 14.8 Å². The maximum atomic E-state index is 6.58. The molecule has 2 atom stereocenters. The van der Waals surface area contributed by atoms with E-state index in [0.29, 0.717) is 12.0 Å². The van der Waals surface area contributed by atoms with Crippen LogP contribution in [0.5, 0.6) is 0 Å². The van der Waals surface area contributed by atoms with Crippen molar-refractivity contribution >= 4 is 18.8 Å². The van der Waals surface area contributed by atoms with Crippen LogP contribution in [0.2, 0.25) is 0 Å². The zero-order valence-corrected chi connectivity index (χ0v) is 17.2. The molecule has 0 bridgehead atoms. The SMILES string of the molecule is CCC(C)[C@@H](COP(c1ccccc1)c1ccccc1)NCC1=CC=CC1. The molecule has 2 aromatic carbocycles. The van der Waals surface area contributed by atoms with Crippen LogP contribution in [0.3, 0.4) is 0 Å². The van der Waals surface area contributed by atoms with Crippen LogP contribution in [0.25, 0.3) is 0 Å². The van der Waals surface area contributed by atoms with Gasteiger partial charge in [-0.3, -0.25) is 0 Å². The smallest absolute Gasteiger partial charge is 0.0918 e. The Kier molecular flexibility index (Phi) is 7.83. The Labute approximate surface area is 165 Å². The van der Waals surface area contributed by atoms with Gasteiger partial charge in [-0.25, -0.2) is 0 Å². The van der Waals surface area contributed by atoms with Crippen LogP contribution in [0, 0.1) is 5.92 Å². The van der Waals surface area contributed by atoms with Gasteiger partial charge in [0, 0.05) is 23.2 Å². The van der Waals surface area contributed by atoms with Crippen molar-refractivity contribution in [3.05, 3.63) is 84.5 Å². The van der Waals surface area contributed by atoms with Crippen LogP contribution < -0.4 is 15.9 Å². The van der Waals surface area contributed by atoms with E-state index in [1.165, 1.54) is 16.2 Å². The summed E-state index contributed by atoms with van der Waals surface area (Å²) in [4.78, 5) is 0. The summed E-state index contributed by atoms with van der Waals surface area (Å²) in [5, 5.41) is 6.28. The number of hydrogen-bond acceptors (Lipinski definition) is 2. The molecule has 2 aromatic rings. The van der Waals surface area contributed by atoms with Gasteiger partial charge in [-0.15, -0.1) is 0 Å². The molecule has 1 aliphatic carbocycles. The molecule has 0 saturated carbocycles. The largest absolute Gasteiger partial charge is 0.348 e. The van der Waals surface area contributed by atoms with E-state index in [0.717, 1.165) is 26.0 Å². The second kappa shape index (κ2) is 10.6. The lowest BCUT2D eigenvalue weighted by molar-refractivity contribution is 0.244. The molecule has 0 aliphatic heterocycles. The summed E-state index contributed by atoms with van der Waals surface area (Å²) in [5.41, 5.74) is 1.46. The second-order valence-electron chi connectivity index (χ2n) is 7.09. The molecule has 1 N–H and O–H groups in total. The summed E-state index contributed by atoms with van der Waals surface area (Å²) in [5.74, 6) is 0.573. The molecule has 142 valence electrons. The third kappa shape index (κ3) is 5.87. The molecule has 3 heteroatoms. The number of nitrogens with one attached hydrogen (secondary N) is 1. The molecule has 0 fully saturated rings. The van der Waals surface area contributed by atoms with Crippen molar-refractivity contribution in [3.8, 4) is 0 Å². The molecule has 0 heterocycles. The fourth-order valence-corrected chi connectivity index (χ4v) is 4.97. The zero-order valence-electron chi connectivity index (χ0n) is 16.3. The van der Waals surface area contributed by atoms with Crippen molar-refractivity contribution in [1.29, 1.82) is 0 Å². The van der Waals surface area contributed by atoms with E-state index >= 15 is 0 Å². The molecular weight excluding hydrogens is 349 g/mol. The summed E-state index contributed by atoms with van der Waals surface area (Å²) in [6.07, 6.45) is 8.81. The lowest BCUT2D eigenvalue weighted by atomic mass is 9.99. The third-order valence-corrected chi connectivity index (χ3v) is 7.08. The second-order valence-corrected chi connectivity index (χ2v) is 8.97. The van der Waals surface area contributed by atoms with E-state index in [2.05, 4.69) is 98.1 Å². The first kappa shape index (κ1) is 20.0. The van der Waals surface area contributed by atoms with Crippen LogP contribution in [-0.2, 0) is 4.52 Å². The van der Waals surface area contributed by atoms with Gasteiger partial charge < -0.3 is 9.84 Å². The Morgan fingerprint density at radius 3 is 2.15 bits per heavy atom. The number of hydrogen-bond donors (Lipinski definition) is 1. The van der Waals surface area contributed by atoms with E-state index < -0.39 is 8.15 Å². The molecule has 0 aromatic heterocycles. The predicted octanol–water partition coefficient (Wildman–Crippen LogP) is 4.94. The highest BCUT2D eigenvalue weighted by molar-refractivity contribution is 7.68. The highest BCUT2D eigenvalue weighted by atomic mass is 31.1. The van der Waals surface area contributed by atoms with E-state index in [9.17, 15) is 0 Å². The predicted molar refractivity (Wildman–Crippen MR) is 118 cm³/mol. The van der Waals surface area contributed by atoms with Crippen LogP contribution >= 0.6 is 8.15 Å². The van der Waals surface area contributed by atoms with Crippen molar-refractivity contribution < 1.29 is 4.52 Å². The Bertz CT molecular complexity index is 702. The minimum absolute atomic E-state index is 0.355. The summed E-state index contributed by atoms with van der Waals surface area (Å²) in [6, 6.07) is 21.6. The standard InChI is InChI=1S/C24H30NOP/c1-3-20(2)24(25-18-21-12-10-11-13-21)19-26-27(22-14-6-4-7-15-22)23-16-8-5-9-17-23/h4-12,14-17,20,24-25H,3,13,18-19H2,1-2H3/t20?,24-/m1/s1. The first-order valence-electron chi connectivity index (χ1n) is 9.89. The van der Waals surface area contributed by atoms with E-state index in [4.69, 9.17) is 4.52 Å². The summed E-state index contributed by atoms with van der Waals surface area (Å²) in [7, 11) is -0.801. The van der Waals surface area contributed by atoms with E-state index in [1.807, 2.05) is 0 Å². The number of rotatable bonds is 10. The van der Waals surface area contributed by atoms with Crippen molar-refractivity contribution in [3.63, 3.8) is 0 Å². The summed E-state index contributed by atoms with van der Waals surface area (Å²) < 4.78 is 6.58. The molecule has 0 amide bonds. The molecule has 0 radical (unpaired) electrons. The van der Waals surface area contributed by atoms with Crippen LogP contribution in [0.15, 0.2) is 84.5 Å². The quantitative estimate of drug-likeness (QED) is 0.590. The Morgan fingerprint density at radius 1 is 1.00 bits per heavy atom. The average molecular weight is 379 g/mol. The monoisotopic (exact) mass is 379 g/mol. The Balaban J connectivity index is 1.69. The van der Waals surface area contributed by atoms with Gasteiger partial charge in [0.15, 0.2) is 0 Å². The molecule has 27 heavy (non-hydrogen) atoms. The Morgan fingerprint density at radius 2 is 1.63 bits per heavy atom. The normalized spacial score (nSPS) is 15.7. The third-order valence-electron chi connectivity index (χ3n) is 5.13. The molecule has 1 aliphatic rings. The highest BCUT2D eigenvalue weighted by Crippen LogP contribution is 2.35. The lowest BCUT2D eigenvalue weighted by Crippen LogP contribution is -2.40. The van der Waals surface area contributed by atoms with E-state index in [1.54, 1.807) is 0 Å². The maximum Gasteiger partial charge on any atom is 0.0918 e. The van der Waals surface area contributed by atoms with E-state index in [-0.39, 0.29) is 0 Å². The molecular formula is C24H30NOP. The average Bonchev–Trinajstić information content (AvgIpc) is 3.25. The van der Waals surface area contributed by atoms with Crippen LogP contribution in [-0.4, -0.2) is 19.2 Å². The maximum absolute atomic E-state index is 6.58. The van der Waals surface area contributed by atoms with Crippen molar-refractivity contribution in [1.82, 2.24) is 5.32 Å². The van der Waals surface area contributed by atoms with Gasteiger partial charge >= 0.3 is 0 Å². The molecule has 0 spiro atoms. The van der Waals surface area contributed by atoms with Crippen molar-refractivity contribution in [2.45, 2.75) is 32.7 Å². The van der Waals surface area contributed by atoms with Crippen LogP contribution in [0.1, 0.15) is 26.7 Å². The molecule has 2 nitrogen and oxygen atoms in total. The van der Waals surface area contributed by atoms with Gasteiger partial charge in [-0.2, -0.15) is 0 Å². The zero-order chi connectivity index (χ0) is 18.9. The highest BCUT2D eigenvalue weighted by Gasteiger charge is 2.21. The summed E-state index contributed by atoms with van der Waals surface area (Å²) in [6.45, 7) is 6.24. The summed E-state index contributed by atoms with van der Waals surface area (Å²) >= 11 is 0. The molecule has 1 unspecified atom stereocenters. The van der Waals surface area contributed by atoms with Gasteiger partial charge in [-0.1, -0.05) is 105 Å². The van der Waals surface area contributed by atoms with Gasteiger partial charge in [-0.05, 0) is 12.3 Å². The fourth-order valence-electron chi connectivity index (χ4n) is 3.17. The topological polar surface area (TPSA) is 21.3 Å². The van der Waals surface area contributed by atoms with Gasteiger partial charge in [0.2, 0.25) is 0 Å². The first-order chi connectivity index (χ1) is 13.3. The molecule has 0 saturated heterocycles. The minimum atomic E-state index is -0.801. The fraction of sp³-hybridized carbons (Fsp3) is 0.333. The number of allylic oxidation sites excluding steroid dienone is 3. The van der Waals surface area contributed by atoms with Crippen molar-refractivity contribution in [2.24, 2.45) is 5.92 Å². The Hall–Kier alpha value is -1.73. The lowest BCUT2D eigenvalue weighted by Gasteiger charge is -2.27. The minimum Gasteiger partial charge on any atom is -0.348 e. The van der Waals surface area contributed by atoms with Crippen molar-refractivity contribution in [2.75, 3.05) is 13.2 Å². The van der Waals surface area contributed by atoms with Gasteiger partial charge in [0.1, 0.15) is 0 Å².